The lowest BCUT2D eigenvalue weighted by Crippen LogP contribution is -2.31. The molecule has 0 aliphatic heterocycles. The maximum absolute atomic E-state index is 9.82. The Morgan fingerprint density at radius 3 is 2.90 bits per heavy atom. The molecule has 0 saturated carbocycles. The van der Waals surface area contributed by atoms with Gasteiger partial charge in [0.05, 0.1) is 10.7 Å². The Morgan fingerprint density at radius 2 is 2.15 bits per heavy atom. The van der Waals surface area contributed by atoms with E-state index in [9.17, 15) is 5.11 Å². The van der Waals surface area contributed by atoms with E-state index in [1.807, 2.05) is 18.2 Å². The van der Waals surface area contributed by atoms with Crippen LogP contribution in [0.3, 0.4) is 0 Å². The topological polar surface area (TPSA) is 67.3 Å². The molecule has 1 aromatic carbocycles. The first-order valence-corrected chi connectivity index (χ1v) is 6.64. The monoisotopic (exact) mass is 293 g/mol. The third-order valence-corrected chi connectivity index (χ3v) is 2.91. The molecule has 1 unspecified atom stereocenters. The van der Waals surface area contributed by atoms with Gasteiger partial charge >= 0.3 is 0 Å². The van der Waals surface area contributed by atoms with Gasteiger partial charge in [0.1, 0.15) is 24.8 Å². The molecule has 0 amide bonds. The van der Waals surface area contributed by atoms with Crippen molar-refractivity contribution in [2.24, 2.45) is 0 Å². The van der Waals surface area contributed by atoms with Gasteiger partial charge < -0.3 is 15.2 Å². The summed E-state index contributed by atoms with van der Waals surface area (Å²) in [5.74, 6) is 0.573. The van der Waals surface area contributed by atoms with Crippen molar-refractivity contribution in [1.29, 1.82) is 0 Å². The van der Waals surface area contributed by atoms with Crippen LogP contribution in [0.25, 0.3) is 0 Å². The van der Waals surface area contributed by atoms with E-state index in [0.29, 0.717) is 23.9 Å². The van der Waals surface area contributed by atoms with Crippen molar-refractivity contribution >= 4 is 11.6 Å². The highest BCUT2D eigenvalue weighted by atomic mass is 35.5. The van der Waals surface area contributed by atoms with Gasteiger partial charge in [-0.1, -0.05) is 23.7 Å². The molecule has 1 heterocycles. The van der Waals surface area contributed by atoms with Crippen LogP contribution >= 0.6 is 11.6 Å². The zero-order chi connectivity index (χ0) is 14.2. The quantitative estimate of drug-likeness (QED) is 0.813. The number of benzene rings is 1. The average molecular weight is 294 g/mol. The van der Waals surface area contributed by atoms with Gasteiger partial charge in [0, 0.05) is 19.3 Å². The molecule has 2 aromatic rings. The SMILES string of the molecule is OC(CNCc1ccncn1)COc1ccccc1Cl. The van der Waals surface area contributed by atoms with E-state index in [1.54, 1.807) is 18.3 Å². The zero-order valence-electron chi connectivity index (χ0n) is 10.9. The van der Waals surface area contributed by atoms with Crippen LogP contribution in [0, 0.1) is 0 Å². The van der Waals surface area contributed by atoms with Crippen LogP contribution in [0.15, 0.2) is 42.9 Å². The van der Waals surface area contributed by atoms with E-state index >= 15 is 0 Å². The fourth-order valence-electron chi connectivity index (χ4n) is 1.60. The minimum absolute atomic E-state index is 0.181. The molecule has 0 spiro atoms. The van der Waals surface area contributed by atoms with Crippen molar-refractivity contribution in [3.8, 4) is 5.75 Å². The van der Waals surface area contributed by atoms with Gasteiger partial charge in [-0.25, -0.2) is 9.97 Å². The van der Waals surface area contributed by atoms with E-state index in [-0.39, 0.29) is 6.61 Å². The van der Waals surface area contributed by atoms with E-state index in [1.165, 1.54) is 6.33 Å². The smallest absolute Gasteiger partial charge is 0.138 e. The summed E-state index contributed by atoms with van der Waals surface area (Å²) < 4.78 is 5.45. The predicted molar refractivity (Wildman–Crippen MR) is 76.7 cm³/mol. The number of aromatic nitrogens is 2. The van der Waals surface area contributed by atoms with Crippen LogP contribution in [0.4, 0.5) is 0 Å². The lowest BCUT2D eigenvalue weighted by atomic mass is 10.3. The Labute approximate surface area is 122 Å². The number of nitrogens with one attached hydrogen (secondary N) is 1. The molecule has 106 valence electrons. The Bertz CT molecular complexity index is 525. The molecule has 0 fully saturated rings. The molecule has 1 atom stereocenters. The number of rotatable bonds is 7. The van der Waals surface area contributed by atoms with Crippen molar-refractivity contribution in [2.45, 2.75) is 12.6 Å². The van der Waals surface area contributed by atoms with E-state index in [0.717, 1.165) is 5.69 Å². The van der Waals surface area contributed by atoms with Crippen LogP contribution in [-0.4, -0.2) is 34.3 Å². The molecule has 2 rings (SSSR count). The van der Waals surface area contributed by atoms with E-state index < -0.39 is 6.10 Å². The van der Waals surface area contributed by atoms with Crippen molar-refractivity contribution in [1.82, 2.24) is 15.3 Å². The largest absolute Gasteiger partial charge is 0.489 e. The number of ether oxygens (including phenoxy) is 1. The molecule has 0 aliphatic rings. The van der Waals surface area contributed by atoms with Gasteiger partial charge in [-0.15, -0.1) is 0 Å². The average Bonchev–Trinajstić information content (AvgIpc) is 2.47. The van der Waals surface area contributed by atoms with Crippen LogP contribution in [0.5, 0.6) is 5.75 Å². The van der Waals surface area contributed by atoms with Gasteiger partial charge in [0.2, 0.25) is 0 Å². The van der Waals surface area contributed by atoms with Gasteiger partial charge in [-0.05, 0) is 18.2 Å². The van der Waals surface area contributed by atoms with Crippen LogP contribution in [-0.2, 0) is 6.54 Å². The highest BCUT2D eigenvalue weighted by molar-refractivity contribution is 6.32. The second-order valence-corrected chi connectivity index (χ2v) is 4.63. The van der Waals surface area contributed by atoms with Gasteiger partial charge in [-0.3, -0.25) is 0 Å². The number of halogens is 1. The second-order valence-electron chi connectivity index (χ2n) is 4.23. The second kappa shape index (κ2) is 7.79. The van der Waals surface area contributed by atoms with Crippen LogP contribution < -0.4 is 10.1 Å². The molecular weight excluding hydrogens is 278 g/mol. The van der Waals surface area contributed by atoms with Crippen molar-refractivity contribution < 1.29 is 9.84 Å². The first kappa shape index (κ1) is 14.7. The van der Waals surface area contributed by atoms with Gasteiger partial charge in [0.15, 0.2) is 0 Å². The molecule has 6 heteroatoms. The third kappa shape index (κ3) is 4.77. The summed E-state index contributed by atoms with van der Waals surface area (Å²) in [5.41, 5.74) is 0.874. The standard InChI is InChI=1S/C14H16ClN3O2/c15-13-3-1-2-4-14(13)20-9-12(19)8-17-7-11-5-6-16-10-18-11/h1-6,10,12,17,19H,7-9H2. The summed E-state index contributed by atoms with van der Waals surface area (Å²) in [5, 5.41) is 13.5. The fourth-order valence-corrected chi connectivity index (χ4v) is 1.79. The maximum atomic E-state index is 9.82. The first-order chi connectivity index (χ1) is 9.75. The zero-order valence-corrected chi connectivity index (χ0v) is 11.6. The fraction of sp³-hybridized carbons (Fsp3) is 0.286. The normalized spacial score (nSPS) is 12.1. The molecule has 20 heavy (non-hydrogen) atoms. The summed E-state index contributed by atoms with van der Waals surface area (Å²) in [7, 11) is 0. The Kier molecular flexibility index (Phi) is 5.73. The summed E-state index contributed by atoms with van der Waals surface area (Å²) >= 11 is 5.96. The molecule has 2 N–H and O–H groups in total. The molecule has 0 bridgehead atoms. The van der Waals surface area contributed by atoms with Crippen LogP contribution in [0.1, 0.15) is 5.69 Å². The number of aliphatic hydroxyl groups is 1. The number of aliphatic hydroxyl groups excluding tert-OH is 1. The Morgan fingerprint density at radius 1 is 1.30 bits per heavy atom. The third-order valence-electron chi connectivity index (χ3n) is 2.60. The summed E-state index contributed by atoms with van der Waals surface area (Å²) in [6.45, 7) is 1.17. The molecule has 1 aromatic heterocycles. The Hall–Kier alpha value is -1.69. The van der Waals surface area contributed by atoms with Crippen molar-refractivity contribution in [3.63, 3.8) is 0 Å². The number of para-hydroxylation sites is 1. The van der Waals surface area contributed by atoms with Crippen molar-refractivity contribution in [3.05, 3.63) is 53.6 Å². The molecular formula is C14H16ClN3O2. The van der Waals surface area contributed by atoms with Crippen LogP contribution in [0.2, 0.25) is 5.02 Å². The summed E-state index contributed by atoms with van der Waals surface area (Å²) in [6, 6.07) is 9.00. The minimum Gasteiger partial charge on any atom is -0.489 e. The van der Waals surface area contributed by atoms with Crippen molar-refractivity contribution in [2.75, 3.05) is 13.2 Å². The number of hydrogen-bond acceptors (Lipinski definition) is 5. The predicted octanol–water partition coefficient (Wildman–Crippen LogP) is 1.66. The highest BCUT2D eigenvalue weighted by Crippen LogP contribution is 2.22. The molecule has 0 aliphatic carbocycles. The van der Waals surface area contributed by atoms with E-state index in [2.05, 4.69) is 15.3 Å². The van der Waals surface area contributed by atoms with Gasteiger partial charge in [0.25, 0.3) is 0 Å². The molecule has 0 radical (unpaired) electrons. The van der Waals surface area contributed by atoms with E-state index in [4.69, 9.17) is 16.3 Å². The first-order valence-electron chi connectivity index (χ1n) is 6.26. The molecule has 0 saturated heterocycles. The highest BCUT2D eigenvalue weighted by Gasteiger charge is 2.07. The lowest BCUT2D eigenvalue weighted by Gasteiger charge is -2.13. The summed E-state index contributed by atoms with van der Waals surface area (Å²) in [4.78, 5) is 7.92. The van der Waals surface area contributed by atoms with Gasteiger partial charge in [-0.2, -0.15) is 0 Å². The minimum atomic E-state index is -0.617. The molecule has 5 nitrogen and oxygen atoms in total. The number of nitrogens with zero attached hydrogens (tertiary/aromatic N) is 2. The summed E-state index contributed by atoms with van der Waals surface area (Å²) in [6.07, 6.45) is 2.56. The Balaban J connectivity index is 1.68. The number of hydrogen-bond donors (Lipinski definition) is 2. The lowest BCUT2D eigenvalue weighted by molar-refractivity contribution is 0.106. The maximum Gasteiger partial charge on any atom is 0.138 e.